The molecule has 37 heavy (non-hydrogen) atoms. The van der Waals surface area contributed by atoms with Crippen molar-refractivity contribution in [3.05, 3.63) is 66.1 Å². The molecule has 1 aromatic carbocycles. The SMILES string of the molecule is CCOC(=O)[C@]1(C)CC[C@@H](c2nc3c(-c4ccc(-c5ccccc5)nc4)cnn3c(N)c2C(C)=O)CC1. The molecule has 2 N–H and O–H groups in total. The Labute approximate surface area is 215 Å². The summed E-state index contributed by atoms with van der Waals surface area (Å²) in [6, 6.07) is 13.9. The van der Waals surface area contributed by atoms with E-state index in [1.54, 1.807) is 12.4 Å². The summed E-state index contributed by atoms with van der Waals surface area (Å²) in [6.07, 6.45) is 6.28. The summed E-state index contributed by atoms with van der Waals surface area (Å²) < 4.78 is 6.84. The van der Waals surface area contributed by atoms with E-state index in [1.165, 1.54) is 11.4 Å². The molecular formula is C29H31N5O3. The van der Waals surface area contributed by atoms with Gasteiger partial charge in [-0.05, 0) is 52.5 Å². The average molecular weight is 498 g/mol. The van der Waals surface area contributed by atoms with Crippen LogP contribution in [-0.4, -0.2) is 37.9 Å². The largest absolute Gasteiger partial charge is 0.466 e. The molecular weight excluding hydrogens is 466 g/mol. The second-order valence-corrected chi connectivity index (χ2v) is 9.96. The quantitative estimate of drug-likeness (QED) is 0.278. The van der Waals surface area contributed by atoms with Crippen LogP contribution >= 0.6 is 0 Å². The summed E-state index contributed by atoms with van der Waals surface area (Å²) >= 11 is 0. The topological polar surface area (TPSA) is 112 Å². The molecule has 8 nitrogen and oxygen atoms in total. The van der Waals surface area contributed by atoms with Gasteiger partial charge in [0.15, 0.2) is 11.4 Å². The molecule has 1 aliphatic rings. The first kappa shape index (κ1) is 24.6. The van der Waals surface area contributed by atoms with Crippen molar-refractivity contribution in [2.45, 2.75) is 52.4 Å². The minimum Gasteiger partial charge on any atom is -0.466 e. The average Bonchev–Trinajstić information content (AvgIpc) is 3.34. The van der Waals surface area contributed by atoms with Gasteiger partial charge in [0, 0.05) is 28.8 Å². The summed E-state index contributed by atoms with van der Waals surface area (Å²) in [5.41, 5.74) is 11.2. The Bertz CT molecular complexity index is 1450. The Morgan fingerprint density at radius 1 is 1.08 bits per heavy atom. The molecule has 8 heteroatoms. The van der Waals surface area contributed by atoms with Gasteiger partial charge in [-0.2, -0.15) is 9.61 Å². The van der Waals surface area contributed by atoms with Gasteiger partial charge in [-0.15, -0.1) is 0 Å². The van der Waals surface area contributed by atoms with Crippen LogP contribution in [0.2, 0.25) is 0 Å². The number of anilines is 1. The molecule has 0 aliphatic heterocycles. The predicted molar refractivity (Wildman–Crippen MR) is 142 cm³/mol. The van der Waals surface area contributed by atoms with Crippen molar-refractivity contribution >= 4 is 23.2 Å². The van der Waals surface area contributed by atoms with E-state index >= 15 is 0 Å². The third kappa shape index (κ3) is 4.48. The lowest BCUT2D eigenvalue weighted by molar-refractivity contribution is -0.156. The molecule has 3 aromatic heterocycles. The standard InChI is InChI=1S/C29H31N5O3/c1-4-37-28(36)29(3)14-12-20(13-15-29)25-24(18(2)35)26(30)34-27(33-25)22(17-32-34)21-10-11-23(31-16-21)19-8-6-5-7-9-19/h5-11,16-17,20H,4,12-15,30H2,1-3H3/t20-,29-. The number of esters is 1. The second-order valence-electron chi connectivity index (χ2n) is 9.96. The molecule has 0 amide bonds. The van der Waals surface area contributed by atoms with Crippen molar-refractivity contribution in [1.82, 2.24) is 19.6 Å². The highest BCUT2D eigenvalue weighted by atomic mass is 16.5. The van der Waals surface area contributed by atoms with Crippen LogP contribution in [-0.2, 0) is 9.53 Å². The number of hydrogen-bond donors (Lipinski definition) is 1. The first-order valence-corrected chi connectivity index (χ1v) is 12.7. The van der Waals surface area contributed by atoms with Crippen LogP contribution in [0.4, 0.5) is 5.82 Å². The number of Topliss-reactive ketones (excluding diaryl/α,β-unsaturated/α-hetero) is 1. The zero-order chi connectivity index (χ0) is 26.2. The Hall–Kier alpha value is -4.07. The van der Waals surface area contributed by atoms with Gasteiger partial charge in [0.05, 0.1) is 35.2 Å². The Balaban J connectivity index is 1.52. The second kappa shape index (κ2) is 9.76. The molecule has 1 fully saturated rings. The molecule has 0 spiro atoms. The molecule has 5 rings (SSSR count). The van der Waals surface area contributed by atoms with Gasteiger partial charge in [-0.25, -0.2) is 4.98 Å². The molecule has 0 saturated heterocycles. The van der Waals surface area contributed by atoms with Crippen LogP contribution in [0, 0.1) is 5.41 Å². The van der Waals surface area contributed by atoms with Crippen LogP contribution in [0.3, 0.4) is 0 Å². The number of hydrogen-bond acceptors (Lipinski definition) is 7. The fraction of sp³-hybridized carbons (Fsp3) is 0.345. The van der Waals surface area contributed by atoms with E-state index in [4.69, 9.17) is 15.5 Å². The lowest BCUT2D eigenvalue weighted by Gasteiger charge is -2.35. The Morgan fingerprint density at radius 3 is 2.43 bits per heavy atom. The summed E-state index contributed by atoms with van der Waals surface area (Å²) in [5, 5.41) is 4.46. The summed E-state index contributed by atoms with van der Waals surface area (Å²) in [6.45, 7) is 5.65. The van der Waals surface area contributed by atoms with Crippen molar-refractivity contribution in [3.8, 4) is 22.4 Å². The number of pyridine rings is 1. The highest BCUT2D eigenvalue weighted by Gasteiger charge is 2.40. The monoisotopic (exact) mass is 497 g/mol. The minimum absolute atomic E-state index is 0.00929. The van der Waals surface area contributed by atoms with Crippen molar-refractivity contribution in [2.24, 2.45) is 5.41 Å². The van der Waals surface area contributed by atoms with Gasteiger partial charge < -0.3 is 10.5 Å². The number of nitrogens with two attached hydrogens (primary N) is 1. The number of rotatable bonds is 6. The molecule has 0 atom stereocenters. The molecule has 190 valence electrons. The van der Waals surface area contributed by atoms with E-state index in [0.717, 1.165) is 35.2 Å². The molecule has 1 aliphatic carbocycles. The van der Waals surface area contributed by atoms with Crippen LogP contribution in [0.5, 0.6) is 0 Å². The van der Waals surface area contributed by atoms with Crippen LogP contribution in [0.15, 0.2) is 54.9 Å². The normalized spacial score (nSPS) is 19.6. The van der Waals surface area contributed by atoms with Crippen molar-refractivity contribution in [3.63, 3.8) is 0 Å². The van der Waals surface area contributed by atoms with Gasteiger partial charge in [0.25, 0.3) is 0 Å². The van der Waals surface area contributed by atoms with Gasteiger partial charge >= 0.3 is 5.97 Å². The lowest BCUT2D eigenvalue weighted by atomic mass is 9.70. The van der Waals surface area contributed by atoms with E-state index in [9.17, 15) is 9.59 Å². The zero-order valence-corrected chi connectivity index (χ0v) is 21.4. The van der Waals surface area contributed by atoms with E-state index in [-0.39, 0.29) is 23.5 Å². The summed E-state index contributed by atoms with van der Waals surface area (Å²) in [5.74, 6) is -0.0133. The summed E-state index contributed by atoms with van der Waals surface area (Å²) in [7, 11) is 0. The third-order valence-electron chi connectivity index (χ3n) is 7.45. The molecule has 4 aromatic rings. The van der Waals surface area contributed by atoms with Crippen molar-refractivity contribution in [1.29, 1.82) is 0 Å². The van der Waals surface area contributed by atoms with Crippen molar-refractivity contribution in [2.75, 3.05) is 12.3 Å². The zero-order valence-electron chi connectivity index (χ0n) is 21.4. The number of nitrogen functional groups attached to an aromatic ring is 1. The first-order valence-electron chi connectivity index (χ1n) is 12.7. The lowest BCUT2D eigenvalue weighted by Crippen LogP contribution is -2.34. The van der Waals surface area contributed by atoms with E-state index in [1.807, 2.05) is 56.3 Å². The number of carbonyl (C=O) groups excluding carboxylic acids is 2. The van der Waals surface area contributed by atoms with Crippen LogP contribution in [0.25, 0.3) is 28.0 Å². The van der Waals surface area contributed by atoms with E-state index in [0.29, 0.717) is 36.4 Å². The van der Waals surface area contributed by atoms with Gasteiger partial charge in [-0.1, -0.05) is 36.4 Å². The van der Waals surface area contributed by atoms with Crippen molar-refractivity contribution < 1.29 is 14.3 Å². The Kier molecular flexibility index (Phi) is 6.50. The highest BCUT2D eigenvalue weighted by molar-refractivity contribution is 6.00. The minimum atomic E-state index is -0.521. The molecule has 0 radical (unpaired) electrons. The maximum atomic E-state index is 12.7. The highest BCUT2D eigenvalue weighted by Crippen LogP contribution is 2.45. The predicted octanol–water partition coefficient (Wildman–Crippen LogP) is 5.47. The number of carbonyl (C=O) groups is 2. The van der Waals surface area contributed by atoms with Crippen LogP contribution in [0.1, 0.15) is 68.4 Å². The fourth-order valence-electron chi connectivity index (χ4n) is 5.26. The van der Waals surface area contributed by atoms with Gasteiger partial charge in [0.1, 0.15) is 5.82 Å². The molecule has 0 unspecified atom stereocenters. The maximum absolute atomic E-state index is 12.7. The third-order valence-corrected chi connectivity index (χ3v) is 7.45. The van der Waals surface area contributed by atoms with E-state index < -0.39 is 5.41 Å². The number of ether oxygens (including phenoxy) is 1. The van der Waals surface area contributed by atoms with E-state index in [2.05, 4.69) is 10.1 Å². The van der Waals surface area contributed by atoms with Crippen LogP contribution < -0.4 is 5.73 Å². The maximum Gasteiger partial charge on any atom is 0.311 e. The fourth-order valence-corrected chi connectivity index (χ4v) is 5.26. The van der Waals surface area contributed by atoms with Gasteiger partial charge in [-0.3, -0.25) is 14.6 Å². The Morgan fingerprint density at radius 2 is 1.81 bits per heavy atom. The number of benzene rings is 1. The molecule has 0 bridgehead atoms. The smallest absolute Gasteiger partial charge is 0.311 e. The summed E-state index contributed by atoms with van der Waals surface area (Å²) in [4.78, 5) is 34.8. The molecule has 3 heterocycles. The number of ketones is 1. The molecule has 1 saturated carbocycles. The number of nitrogens with zero attached hydrogens (tertiary/aromatic N) is 4. The van der Waals surface area contributed by atoms with Gasteiger partial charge in [0.2, 0.25) is 0 Å². The number of fused-ring (bicyclic) bond motifs is 1. The first-order chi connectivity index (χ1) is 17.8. The number of aromatic nitrogens is 4.